The van der Waals surface area contributed by atoms with E-state index in [4.69, 9.17) is 14.3 Å². The smallest absolute Gasteiger partial charge is 0.304 e. The number of benzene rings is 1. The van der Waals surface area contributed by atoms with Crippen LogP contribution in [0.4, 0.5) is 0 Å². The predicted molar refractivity (Wildman–Crippen MR) is 75.6 cm³/mol. The molecule has 0 aliphatic heterocycles. The fourth-order valence-electron chi connectivity index (χ4n) is 1.90. The van der Waals surface area contributed by atoms with E-state index < -0.39 is 11.9 Å². The minimum atomic E-state index is -0.990. The summed E-state index contributed by atoms with van der Waals surface area (Å²) >= 11 is 0. The van der Waals surface area contributed by atoms with Crippen LogP contribution in [0.15, 0.2) is 28.7 Å². The zero-order chi connectivity index (χ0) is 16.1. The number of aryl methyl sites for hydroxylation is 1. The quantitative estimate of drug-likeness (QED) is 0.782. The van der Waals surface area contributed by atoms with Crippen molar-refractivity contribution in [1.82, 2.24) is 10.2 Å². The Morgan fingerprint density at radius 1 is 1.27 bits per heavy atom. The molecule has 0 aliphatic carbocycles. The third-order valence-corrected chi connectivity index (χ3v) is 3.00. The van der Waals surface area contributed by atoms with E-state index in [2.05, 4.69) is 10.2 Å². The monoisotopic (exact) mass is 304 g/mol. The maximum Gasteiger partial charge on any atom is 0.304 e. The van der Waals surface area contributed by atoms with Crippen molar-refractivity contribution >= 4 is 11.8 Å². The van der Waals surface area contributed by atoms with E-state index in [1.807, 2.05) is 0 Å². The van der Waals surface area contributed by atoms with Gasteiger partial charge in [-0.05, 0) is 24.3 Å². The van der Waals surface area contributed by atoms with Crippen LogP contribution in [0, 0.1) is 12.8 Å². The maximum absolute atomic E-state index is 12.0. The average molecular weight is 304 g/mol. The van der Waals surface area contributed by atoms with Crippen LogP contribution in [0.25, 0.3) is 0 Å². The molecule has 0 fully saturated rings. The molecule has 1 aromatic carbocycles. The van der Waals surface area contributed by atoms with Crippen LogP contribution >= 0.6 is 0 Å². The van der Waals surface area contributed by atoms with Crippen molar-refractivity contribution in [3.05, 3.63) is 41.6 Å². The first kappa shape index (κ1) is 15.7. The summed E-state index contributed by atoms with van der Waals surface area (Å²) in [6.45, 7) is 3.43. The van der Waals surface area contributed by atoms with E-state index in [-0.39, 0.29) is 18.8 Å². The lowest BCUT2D eigenvalue weighted by atomic mass is 9.96. The van der Waals surface area contributed by atoms with E-state index in [0.717, 1.165) is 0 Å². The highest BCUT2D eigenvalue weighted by molar-refractivity contribution is 5.99. The molecular formula is C15H16N2O5. The predicted octanol–water partition coefficient (Wildman–Crippen LogP) is 2.25. The number of hydrogen-bond acceptors (Lipinski definition) is 6. The summed E-state index contributed by atoms with van der Waals surface area (Å²) in [7, 11) is 0. The molecule has 7 heteroatoms. The van der Waals surface area contributed by atoms with Gasteiger partial charge in [-0.15, -0.1) is 10.2 Å². The summed E-state index contributed by atoms with van der Waals surface area (Å²) in [6, 6.07) is 6.50. The van der Waals surface area contributed by atoms with Crippen molar-refractivity contribution in [3.63, 3.8) is 0 Å². The Morgan fingerprint density at radius 3 is 2.50 bits per heavy atom. The first-order valence-electron chi connectivity index (χ1n) is 6.73. The molecule has 1 N–H and O–H groups in total. The van der Waals surface area contributed by atoms with E-state index >= 15 is 0 Å². The Balaban J connectivity index is 1.94. The molecule has 0 bridgehead atoms. The van der Waals surface area contributed by atoms with Crippen LogP contribution in [-0.2, 0) is 11.4 Å². The van der Waals surface area contributed by atoms with E-state index in [1.165, 1.54) is 0 Å². The number of carboxylic acids is 1. The summed E-state index contributed by atoms with van der Waals surface area (Å²) in [5.74, 6) is -0.374. The highest BCUT2D eigenvalue weighted by atomic mass is 16.5. The SMILES string of the molecule is Cc1nnc(COc2ccc(C(=O)C(C)CC(=O)O)cc2)o1. The van der Waals surface area contributed by atoms with Crippen LogP contribution in [0.3, 0.4) is 0 Å². The first-order chi connectivity index (χ1) is 10.5. The number of carboxylic acid groups (broad SMARTS) is 1. The lowest BCUT2D eigenvalue weighted by molar-refractivity contribution is -0.137. The number of Topliss-reactive ketones (excluding diaryl/α,β-unsaturated/α-hetero) is 1. The normalized spacial score (nSPS) is 11.9. The zero-order valence-corrected chi connectivity index (χ0v) is 12.3. The fourth-order valence-corrected chi connectivity index (χ4v) is 1.90. The van der Waals surface area contributed by atoms with Gasteiger partial charge in [-0.1, -0.05) is 6.92 Å². The van der Waals surface area contributed by atoms with Crippen molar-refractivity contribution in [2.45, 2.75) is 26.9 Å². The third kappa shape index (κ3) is 4.15. The summed E-state index contributed by atoms with van der Waals surface area (Å²) in [5.41, 5.74) is 0.453. The molecule has 22 heavy (non-hydrogen) atoms. The number of carbonyl (C=O) groups excluding carboxylic acids is 1. The summed E-state index contributed by atoms with van der Waals surface area (Å²) in [6.07, 6.45) is -0.187. The molecule has 2 aromatic rings. The first-order valence-corrected chi connectivity index (χ1v) is 6.73. The number of carbonyl (C=O) groups is 2. The minimum absolute atomic E-state index is 0.142. The minimum Gasteiger partial charge on any atom is -0.484 e. The lowest BCUT2D eigenvalue weighted by Crippen LogP contribution is -2.15. The van der Waals surface area contributed by atoms with Crippen molar-refractivity contribution in [2.24, 2.45) is 5.92 Å². The van der Waals surface area contributed by atoms with Gasteiger partial charge < -0.3 is 14.3 Å². The van der Waals surface area contributed by atoms with Gasteiger partial charge in [0.25, 0.3) is 5.89 Å². The Labute approximate surface area is 126 Å². The number of rotatable bonds is 7. The second kappa shape index (κ2) is 6.84. The second-order valence-corrected chi connectivity index (χ2v) is 4.89. The zero-order valence-electron chi connectivity index (χ0n) is 12.3. The average Bonchev–Trinajstić information content (AvgIpc) is 2.90. The van der Waals surface area contributed by atoms with Gasteiger partial charge in [-0.2, -0.15) is 0 Å². The molecule has 116 valence electrons. The summed E-state index contributed by atoms with van der Waals surface area (Å²) in [5, 5.41) is 16.2. The molecule has 1 heterocycles. The standard InChI is InChI=1S/C15H16N2O5/c1-9(7-14(18)19)15(20)11-3-5-12(6-4-11)21-8-13-17-16-10(2)22-13/h3-6,9H,7-8H2,1-2H3,(H,18,19). The van der Waals surface area contributed by atoms with Gasteiger partial charge in [0.1, 0.15) is 5.75 Å². The Morgan fingerprint density at radius 2 is 1.95 bits per heavy atom. The van der Waals surface area contributed by atoms with Crippen LogP contribution in [-0.4, -0.2) is 27.1 Å². The Kier molecular flexibility index (Phi) is 4.88. The molecule has 0 spiro atoms. The number of nitrogens with zero attached hydrogens (tertiary/aromatic N) is 2. The molecule has 0 radical (unpaired) electrons. The van der Waals surface area contributed by atoms with Gasteiger partial charge in [0, 0.05) is 18.4 Å². The van der Waals surface area contributed by atoms with Crippen LogP contribution in [0.5, 0.6) is 5.75 Å². The molecular weight excluding hydrogens is 288 g/mol. The molecule has 0 aliphatic rings. The van der Waals surface area contributed by atoms with Crippen molar-refractivity contribution in [1.29, 1.82) is 0 Å². The largest absolute Gasteiger partial charge is 0.484 e. The second-order valence-electron chi connectivity index (χ2n) is 4.89. The summed E-state index contributed by atoms with van der Waals surface area (Å²) < 4.78 is 10.6. The van der Waals surface area contributed by atoms with Crippen molar-refractivity contribution < 1.29 is 23.8 Å². The van der Waals surface area contributed by atoms with Gasteiger partial charge in [0.05, 0.1) is 6.42 Å². The molecule has 7 nitrogen and oxygen atoms in total. The number of hydrogen-bond donors (Lipinski definition) is 1. The molecule has 0 saturated carbocycles. The molecule has 1 atom stereocenters. The van der Waals surface area contributed by atoms with Crippen molar-refractivity contribution in [2.75, 3.05) is 0 Å². The third-order valence-electron chi connectivity index (χ3n) is 3.00. The molecule has 0 saturated heterocycles. The molecule has 2 rings (SSSR count). The molecule has 1 aromatic heterocycles. The lowest BCUT2D eigenvalue weighted by Gasteiger charge is -2.08. The fraction of sp³-hybridized carbons (Fsp3) is 0.333. The maximum atomic E-state index is 12.0. The van der Waals surface area contributed by atoms with E-state index in [0.29, 0.717) is 23.1 Å². The van der Waals surface area contributed by atoms with Crippen molar-refractivity contribution in [3.8, 4) is 5.75 Å². The highest BCUT2D eigenvalue weighted by Crippen LogP contribution is 2.17. The number of aromatic nitrogens is 2. The van der Waals surface area contributed by atoms with Crippen LogP contribution in [0.2, 0.25) is 0 Å². The van der Waals surface area contributed by atoms with Gasteiger partial charge >= 0.3 is 5.97 Å². The van der Waals surface area contributed by atoms with Gasteiger partial charge in [-0.25, -0.2) is 0 Å². The highest BCUT2D eigenvalue weighted by Gasteiger charge is 2.18. The Hall–Kier alpha value is -2.70. The molecule has 1 unspecified atom stereocenters. The van der Waals surface area contributed by atoms with Gasteiger partial charge in [0.15, 0.2) is 12.4 Å². The number of aliphatic carboxylic acids is 1. The molecule has 0 amide bonds. The van der Waals surface area contributed by atoms with Crippen LogP contribution < -0.4 is 4.74 Å². The topological polar surface area (TPSA) is 103 Å². The number of ether oxygens (including phenoxy) is 1. The van der Waals surface area contributed by atoms with E-state index in [9.17, 15) is 9.59 Å². The van der Waals surface area contributed by atoms with Gasteiger partial charge in [-0.3, -0.25) is 9.59 Å². The van der Waals surface area contributed by atoms with Crippen LogP contribution in [0.1, 0.15) is 35.5 Å². The number of ketones is 1. The van der Waals surface area contributed by atoms with Gasteiger partial charge in [0.2, 0.25) is 5.89 Å². The van der Waals surface area contributed by atoms with E-state index in [1.54, 1.807) is 38.1 Å². The Bertz CT molecular complexity index is 663. The summed E-state index contributed by atoms with van der Waals surface area (Å²) in [4.78, 5) is 22.7.